The molecule has 3 rings (SSSR count). The second-order valence-electron chi connectivity index (χ2n) is 10.8. The minimum absolute atomic E-state index is 0.127. The first kappa shape index (κ1) is 29.5. The number of likely N-dealkylation sites (tertiary alicyclic amines) is 1. The van der Waals surface area contributed by atoms with E-state index in [1.165, 1.54) is 0 Å². The van der Waals surface area contributed by atoms with Gasteiger partial charge in [-0.1, -0.05) is 0 Å². The Balaban J connectivity index is 1.43. The van der Waals surface area contributed by atoms with Crippen LogP contribution in [0.25, 0.3) is 0 Å². The zero-order valence-electron chi connectivity index (χ0n) is 22.3. The fraction of sp³-hybridized carbons (Fsp3) is 0.679. The van der Waals surface area contributed by atoms with Gasteiger partial charge in [0.05, 0.1) is 0 Å². The molecule has 2 amide bonds. The van der Waals surface area contributed by atoms with Gasteiger partial charge < -0.3 is 5.32 Å². The van der Waals surface area contributed by atoms with Crippen molar-refractivity contribution in [2.75, 3.05) is 39.3 Å². The van der Waals surface area contributed by atoms with Crippen LogP contribution in [0, 0.1) is 17.8 Å². The third-order valence-corrected chi connectivity index (χ3v) is 10.4. The number of aliphatic carboxylic acids is 1. The number of amides is 2. The molecule has 37 heavy (non-hydrogen) atoms. The molecule has 2 unspecified atom stereocenters. The Hall–Kier alpha value is -2.05. The van der Waals surface area contributed by atoms with Crippen molar-refractivity contribution in [1.82, 2.24) is 15.5 Å². The van der Waals surface area contributed by atoms with Gasteiger partial charge in [0, 0.05) is 0 Å². The molecule has 2 heterocycles. The van der Waals surface area contributed by atoms with Crippen LogP contribution < -0.4 is 15.4 Å². The minimum atomic E-state index is -0.872. The predicted octanol–water partition coefficient (Wildman–Crippen LogP) is 2.67. The number of nitrogens with one attached hydrogen (secondary N) is 2. The van der Waals surface area contributed by atoms with E-state index < -0.39 is 26.4 Å². The van der Waals surface area contributed by atoms with Crippen LogP contribution in [0.2, 0.25) is 4.71 Å². The zero-order chi connectivity index (χ0) is 26.6. The molecular weight excluding hydrogens is 533 g/mol. The number of rotatable bonds is 13. The first-order valence-electron chi connectivity index (χ1n) is 13.8. The maximum atomic E-state index is 12.9. The van der Waals surface area contributed by atoms with E-state index >= 15 is 0 Å². The second-order valence-corrected chi connectivity index (χ2v) is 13.8. The number of carboxylic acid groups (broad SMARTS) is 1. The molecule has 0 saturated carbocycles. The average Bonchev–Trinajstić information content (AvgIpc) is 2.91. The Morgan fingerprint density at radius 2 is 2.00 bits per heavy atom. The average molecular weight is 578 g/mol. The SMILES string of the molecule is CC(C)COc1cccc(C[AsH]C(CNC(=O)[C@@H]2CCCN(C(=O)CCC3CCNCC3)C2)C(=O)O)c1. The van der Waals surface area contributed by atoms with E-state index in [1.54, 1.807) is 0 Å². The van der Waals surface area contributed by atoms with Crippen LogP contribution in [0.1, 0.15) is 57.9 Å². The summed E-state index contributed by atoms with van der Waals surface area (Å²) in [6, 6.07) is 7.85. The summed E-state index contributed by atoms with van der Waals surface area (Å²) in [5.74, 6) is 0.756. The van der Waals surface area contributed by atoms with Crippen LogP contribution in [0.3, 0.4) is 0 Å². The number of benzene rings is 1. The van der Waals surface area contributed by atoms with E-state index in [9.17, 15) is 19.5 Å². The van der Waals surface area contributed by atoms with E-state index in [2.05, 4.69) is 24.5 Å². The fourth-order valence-corrected chi connectivity index (χ4v) is 7.27. The first-order chi connectivity index (χ1) is 17.8. The summed E-state index contributed by atoms with van der Waals surface area (Å²) in [7, 11) is 0. The number of nitrogens with zero attached hydrogens (tertiary/aromatic N) is 1. The van der Waals surface area contributed by atoms with Gasteiger partial charge in [-0.05, 0) is 13.1 Å². The monoisotopic (exact) mass is 577 g/mol. The van der Waals surface area contributed by atoms with Gasteiger partial charge in [0.2, 0.25) is 0 Å². The third-order valence-electron chi connectivity index (χ3n) is 7.18. The molecule has 1 aromatic rings. The molecule has 8 nitrogen and oxygen atoms in total. The van der Waals surface area contributed by atoms with E-state index in [0.29, 0.717) is 43.2 Å². The predicted molar refractivity (Wildman–Crippen MR) is 146 cm³/mol. The van der Waals surface area contributed by atoms with E-state index in [1.807, 2.05) is 29.2 Å². The van der Waals surface area contributed by atoms with Crippen LogP contribution in [-0.4, -0.2) is 82.9 Å². The molecule has 0 aromatic heterocycles. The molecule has 0 bridgehead atoms. The molecule has 3 N–H and O–H groups in total. The maximum absolute atomic E-state index is 12.9. The zero-order valence-corrected chi connectivity index (χ0v) is 24.4. The molecule has 1 aromatic carbocycles. The number of carbonyl (C=O) groups excluding carboxylic acids is 2. The molecule has 2 aliphatic rings. The van der Waals surface area contributed by atoms with Gasteiger partial charge in [-0.2, -0.15) is 0 Å². The van der Waals surface area contributed by atoms with Crippen molar-refractivity contribution in [2.45, 2.75) is 62.3 Å². The van der Waals surface area contributed by atoms with Crippen LogP contribution in [0.5, 0.6) is 5.75 Å². The van der Waals surface area contributed by atoms with Crippen LogP contribution in [-0.2, 0) is 19.6 Å². The number of hydrogen-bond acceptors (Lipinski definition) is 5. The Labute approximate surface area is 228 Å². The third kappa shape index (κ3) is 10.3. The van der Waals surface area contributed by atoms with Gasteiger partial charge in [-0.15, -0.1) is 0 Å². The molecule has 2 fully saturated rings. The van der Waals surface area contributed by atoms with Gasteiger partial charge in [0.15, 0.2) is 0 Å². The number of piperidine rings is 2. The van der Waals surface area contributed by atoms with Gasteiger partial charge in [0.25, 0.3) is 0 Å². The van der Waals surface area contributed by atoms with Crippen LogP contribution in [0.15, 0.2) is 24.3 Å². The van der Waals surface area contributed by atoms with Crippen molar-refractivity contribution in [3.8, 4) is 5.75 Å². The van der Waals surface area contributed by atoms with Crippen molar-refractivity contribution in [3.05, 3.63) is 29.8 Å². The topological polar surface area (TPSA) is 108 Å². The van der Waals surface area contributed by atoms with Crippen molar-refractivity contribution in [2.24, 2.45) is 17.8 Å². The van der Waals surface area contributed by atoms with E-state index in [-0.39, 0.29) is 24.3 Å². The molecular formula is C28H44AsN3O5. The first-order valence-corrected chi connectivity index (χ1v) is 16.5. The standard InChI is InChI=1S/C28H44AsN3O5/c1-20(2)19-37-24-7-3-5-22(15-24)16-29-25(28(35)36)17-31-27(34)23-6-4-14-32(18-23)26(33)9-8-21-10-12-30-13-11-21/h3,5,7,15,20-21,23,25,29-30H,4,6,8-14,16-19H2,1-2H3,(H,31,34)(H,35,36)/t23-,25?/m1/s1. The van der Waals surface area contributed by atoms with Crippen LogP contribution >= 0.6 is 0 Å². The molecule has 0 radical (unpaired) electrons. The Morgan fingerprint density at radius 1 is 1.22 bits per heavy atom. The van der Waals surface area contributed by atoms with Gasteiger partial charge in [-0.3, -0.25) is 0 Å². The second kappa shape index (κ2) is 15.4. The number of carboxylic acids is 1. The summed E-state index contributed by atoms with van der Waals surface area (Å²) in [5.41, 5.74) is 1.07. The number of ether oxygens (including phenoxy) is 1. The van der Waals surface area contributed by atoms with Gasteiger partial charge >= 0.3 is 210 Å². The molecule has 2 aliphatic heterocycles. The Morgan fingerprint density at radius 3 is 2.73 bits per heavy atom. The Bertz CT molecular complexity index is 890. The summed E-state index contributed by atoms with van der Waals surface area (Å²) >= 11 is -0.872. The van der Waals surface area contributed by atoms with Gasteiger partial charge in [-0.25, -0.2) is 0 Å². The molecule has 3 atom stereocenters. The van der Waals surface area contributed by atoms with Crippen molar-refractivity contribution >= 4 is 33.5 Å². The van der Waals surface area contributed by atoms with E-state index in [4.69, 9.17) is 4.74 Å². The van der Waals surface area contributed by atoms with Crippen molar-refractivity contribution in [3.63, 3.8) is 0 Å². The molecule has 0 spiro atoms. The molecule has 2 saturated heterocycles. The summed E-state index contributed by atoms with van der Waals surface area (Å²) in [4.78, 5) is 39.4. The number of hydrogen-bond donors (Lipinski definition) is 3. The summed E-state index contributed by atoms with van der Waals surface area (Å²) < 4.78 is 5.24. The fourth-order valence-electron chi connectivity index (χ4n) is 4.92. The normalized spacial score (nSPS) is 19.8. The Kier molecular flexibility index (Phi) is 12.3. The van der Waals surface area contributed by atoms with E-state index in [0.717, 1.165) is 56.5 Å². The van der Waals surface area contributed by atoms with Crippen molar-refractivity contribution < 1.29 is 24.2 Å². The van der Waals surface area contributed by atoms with Crippen molar-refractivity contribution in [1.29, 1.82) is 0 Å². The summed E-state index contributed by atoms with van der Waals surface area (Å²) in [5, 5.41) is 16.7. The summed E-state index contributed by atoms with van der Waals surface area (Å²) in [6.07, 6.45) is 5.27. The molecule has 206 valence electrons. The quantitative estimate of drug-likeness (QED) is 0.311. The van der Waals surface area contributed by atoms with Crippen LogP contribution in [0.4, 0.5) is 0 Å². The molecule has 9 heteroatoms. The van der Waals surface area contributed by atoms with Gasteiger partial charge in [0.1, 0.15) is 0 Å². The number of carbonyl (C=O) groups is 3. The summed E-state index contributed by atoms with van der Waals surface area (Å²) in [6.45, 7) is 8.20. The molecule has 0 aliphatic carbocycles.